The van der Waals surface area contributed by atoms with Crippen LogP contribution in [-0.4, -0.2) is 42.3 Å². The Kier molecular flexibility index (Phi) is 4.81. The minimum absolute atomic E-state index is 0.228. The summed E-state index contributed by atoms with van der Waals surface area (Å²) in [5.41, 5.74) is 1.88. The quantitative estimate of drug-likeness (QED) is 0.808. The van der Waals surface area contributed by atoms with E-state index in [-0.39, 0.29) is 5.82 Å². The lowest BCUT2D eigenvalue weighted by Gasteiger charge is -2.33. The van der Waals surface area contributed by atoms with Gasteiger partial charge in [-0.25, -0.2) is 4.39 Å². The van der Waals surface area contributed by atoms with Gasteiger partial charge in [0.25, 0.3) is 0 Å². The first-order valence-corrected chi connectivity index (χ1v) is 7.61. The number of halogens is 1. The largest absolute Gasteiger partial charge is 0.295 e. The van der Waals surface area contributed by atoms with Gasteiger partial charge in [-0.1, -0.05) is 48.5 Å². The molecule has 0 saturated carbocycles. The van der Waals surface area contributed by atoms with E-state index < -0.39 is 0 Å². The number of piperazine rings is 1. The third-order valence-electron chi connectivity index (χ3n) is 3.86. The van der Waals surface area contributed by atoms with Crippen LogP contribution in [0.25, 0.3) is 0 Å². The Hall–Kier alpha value is -2.20. The van der Waals surface area contributed by atoms with Crippen LogP contribution in [0, 0.1) is 5.82 Å². The zero-order valence-electron chi connectivity index (χ0n) is 12.5. The van der Waals surface area contributed by atoms with Crippen molar-refractivity contribution in [1.82, 2.24) is 9.91 Å². The maximum absolute atomic E-state index is 13.5. The van der Waals surface area contributed by atoms with Crippen molar-refractivity contribution in [1.29, 1.82) is 0 Å². The van der Waals surface area contributed by atoms with E-state index in [9.17, 15) is 4.39 Å². The van der Waals surface area contributed by atoms with Crippen LogP contribution in [0.2, 0.25) is 0 Å². The number of hydrazone groups is 1. The molecule has 0 bridgehead atoms. The van der Waals surface area contributed by atoms with Gasteiger partial charge in [-0.15, -0.1) is 0 Å². The van der Waals surface area contributed by atoms with Gasteiger partial charge in [-0.05, 0) is 11.6 Å². The Morgan fingerprint density at radius 3 is 2.32 bits per heavy atom. The van der Waals surface area contributed by atoms with Gasteiger partial charge >= 0.3 is 0 Å². The maximum atomic E-state index is 13.5. The fraction of sp³-hybridized carbons (Fsp3) is 0.278. The zero-order valence-corrected chi connectivity index (χ0v) is 12.5. The van der Waals surface area contributed by atoms with Crippen LogP contribution in [-0.2, 0) is 6.54 Å². The molecule has 1 saturated heterocycles. The Bertz CT molecular complexity index is 619. The summed E-state index contributed by atoms with van der Waals surface area (Å²) >= 11 is 0. The summed E-state index contributed by atoms with van der Waals surface area (Å²) < 4.78 is 13.5. The lowest BCUT2D eigenvalue weighted by molar-refractivity contribution is 0.131. The van der Waals surface area contributed by atoms with Gasteiger partial charge in [0.1, 0.15) is 5.82 Å². The molecular weight excluding hydrogens is 277 g/mol. The number of benzene rings is 2. The molecule has 2 aromatic carbocycles. The van der Waals surface area contributed by atoms with Gasteiger partial charge in [0, 0.05) is 38.3 Å². The molecule has 0 spiro atoms. The van der Waals surface area contributed by atoms with E-state index in [1.54, 1.807) is 18.3 Å². The monoisotopic (exact) mass is 297 g/mol. The first-order valence-electron chi connectivity index (χ1n) is 7.61. The summed E-state index contributed by atoms with van der Waals surface area (Å²) in [5, 5.41) is 6.41. The summed E-state index contributed by atoms with van der Waals surface area (Å²) in [7, 11) is 0. The fourth-order valence-corrected chi connectivity index (χ4v) is 2.58. The second kappa shape index (κ2) is 7.18. The van der Waals surface area contributed by atoms with Gasteiger partial charge in [-0.3, -0.25) is 9.91 Å². The lowest BCUT2D eigenvalue weighted by atomic mass is 10.2. The molecule has 1 heterocycles. The fourth-order valence-electron chi connectivity index (χ4n) is 2.58. The van der Waals surface area contributed by atoms with Gasteiger partial charge in [0.15, 0.2) is 0 Å². The predicted octanol–water partition coefficient (Wildman–Crippen LogP) is 2.98. The highest BCUT2D eigenvalue weighted by Gasteiger charge is 2.15. The average Bonchev–Trinajstić information content (AvgIpc) is 2.56. The molecule has 0 aromatic heterocycles. The predicted molar refractivity (Wildman–Crippen MR) is 87.3 cm³/mol. The maximum Gasteiger partial charge on any atom is 0.132 e. The van der Waals surface area contributed by atoms with Crippen molar-refractivity contribution >= 4 is 6.21 Å². The minimum atomic E-state index is -0.228. The van der Waals surface area contributed by atoms with Crippen molar-refractivity contribution in [3.8, 4) is 0 Å². The summed E-state index contributed by atoms with van der Waals surface area (Å²) in [6, 6.07) is 17.2. The molecule has 0 aliphatic carbocycles. The zero-order chi connectivity index (χ0) is 15.2. The van der Waals surface area contributed by atoms with Gasteiger partial charge in [0.2, 0.25) is 0 Å². The highest BCUT2D eigenvalue weighted by Crippen LogP contribution is 2.09. The Labute approximate surface area is 130 Å². The first-order chi connectivity index (χ1) is 10.8. The molecule has 22 heavy (non-hydrogen) atoms. The smallest absolute Gasteiger partial charge is 0.132 e. The molecule has 1 fully saturated rings. The summed E-state index contributed by atoms with van der Waals surface area (Å²) in [5.74, 6) is -0.228. The molecule has 0 radical (unpaired) electrons. The molecular formula is C18H20FN3. The van der Waals surface area contributed by atoms with Gasteiger partial charge < -0.3 is 0 Å². The molecule has 0 unspecified atom stereocenters. The van der Waals surface area contributed by atoms with Gasteiger partial charge in [-0.2, -0.15) is 5.10 Å². The highest BCUT2D eigenvalue weighted by molar-refractivity contribution is 5.79. The average molecular weight is 297 g/mol. The van der Waals surface area contributed by atoms with Crippen LogP contribution in [0.3, 0.4) is 0 Å². The molecule has 3 rings (SSSR count). The van der Waals surface area contributed by atoms with Gasteiger partial charge in [0.05, 0.1) is 6.21 Å². The molecule has 1 aliphatic heterocycles. The summed E-state index contributed by atoms with van der Waals surface area (Å²) in [6.07, 6.45) is 1.61. The Balaban J connectivity index is 1.51. The lowest BCUT2D eigenvalue weighted by Crippen LogP contribution is -2.43. The van der Waals surface area contributed by atoms with Crippen LogP contribution in [0.4, 0.5) is 4.39 Å². The standard InChI is InChI=1S/C18H20FN3/c19-18-9-5-4-8-17(18)14-20-22-12-10-21(11-13-22)15-16-6-2-1-3-7-16/h1-9,14H,10-13,15H2/b20-14-. The van der Waals surface area contributed by atoms with E-state index in [0.29, 0.717) is 5.56 Å². The summed E-state index contributed by atoms with van der Waals surface area (Å²) in [4.78, 5) is 2.42. The molecule has 2 aromatic rings. The third-order valence-corrected chi connectivity index (χ3v) is 3.86. The van der Waals surface area contributed by atoms with Crippen LogP contribution in [0.5, 0.6) is 0 Å². The topological polar surface area (TPSA) is 18.8 Å². The van der Waals surface area contributed by atoms with Crippen molar-refractivity contribution in [2.75, 3.05) is 26.2 Å². The number of rotatable bonds is 4. The normalized spacial score (nSPS) is 16.3. The van der Waals surface area contributed by atoms with E-state index in [1.165, 1.54) is 11.6 Å². The van der Waals surface area contributed by atoms with Crippen LogP contribution < -0.4 is 0 Å². The number of hydrogen-bond acceptors (Lipinski definition) is 3. The Morgan fingerprint density at radius 2 is 1.59 bits per heavy atom. The van der Waals surface area contributed by atoms with Crippen molar-refractivity contribution in [3.05, 3.63) is 71.5 Å². The molecule has 0 atom stereocenters. The second-order valence-electron chi connectivity index (χ2n) is 5.48. The molecule has 4 heteroatoms. The molecule has 0 N–H and O–H groups in total. The highest BCUT2D eigenvalue weighted by atomic mass is 19.1. The van der Waals surface area contributed by atoms with E-state index in [0.717, 1.165) is 32.7 Å². The van der Waals surface area contributed by atoms with E-state index in [2.05, 4.69) is 34.3 Å². The van der Waals surface area contributed by atoms with E-state index in [4.69, 9.17) is 0 Å². The number of nitrogens with zero attached hydrogens (tertiary/aromatic N) is 3. The van der Waals surface area contributed by atoms with Crippen molar-refractivity contribution in [2.24, 2.45) is 5.10 Å². The second-order valence-corrected chi connectivity index (χ2v) is 5.48. The van der Waals surface area contributed by atoms with Crippen LogP contribution >= 0.6 is 0 Å². The SMILES string of the molecule is Fc1ccccc1/C=N\N1CCN(Cc2ccccc2)CC1. The third kappa shape index (κ3) is 3.92. The molecule has 114 valence electrons. The summed E-state index contributed by atoms with van der Waals surface area (Å²) in [6.45, 7) is 4.67. The minimum Gasteiger partial charge on any atom is -0.295 e. The Morgan fingerprint density at radius 1 is 0.909 bits per heavy atom. The van der Waals surface area contributed by atoms with Crippen LogP contribution in [0.1, 0.15) is 11.1 Å². The molecule has 3 nitrogen and oxygen atoms in total. The molecule has 0 amide bonds. The van der Waals surface area contributed by atoms with Crippen LogP contribution in [0.15, 0.2) is 59.7 Å². The van der Waals surface area contributed by atoms with Crippen molar-refractivity contribution < 1.29 is 4.39 Å². The van der Waals surface area contributed by atoms with E-state index >= 15 is 0 Å². The van der Waals surface area contributed by atoms with Crippen molar-refractivity contribution in [2.45, 2.75) is 6.54 Å². The molecule has 1 aliphatic rings. The number of hydrogen-bond donors (Lipinski definition) is 0. The van der Waals surface area contributed by atoms with E-state index in [1.807, 2.05) is 17.1 Å². The van der Waals surface area contributed by atoms with Crippen molar-refractivity contribution in [3.63, 3.8) is 0 Å². The first kappa shape index (κ1) is 14.7.